The average Bonchev–Trinajstić information content (AvgIpc) is 3.42. The maximum absolute atomic E-state index is 12.3. The smallest absolute Gasteiger partial charge is 0.306 e. The zero-order valence-electron chi connectivity index (χ0n) is 50.3. The fourth-order valence-electron chi connectivity index (χ4n) is 9.47. The largest absolute Gasteiger partial charge is 0.462 e. The molecule has 0 aromatic rings. The topological polar surface area (TPSA) is 72.8 Å². The van der Waals surface area contributed by atoms with Crippen LogP contribution in [0.25, 0.3) is 0 Å². The van der Waals surface area contributed by atoms with E-state index in [0.717, 1.165) is 83.5 Å². The molecule has 5 nitrogen and oxygen atoms in total. The van der Waals surface area contributed by atoms with Crippen molar-refractivity contribution in [2.24, 2.45) is 0 Å². The molecule has 0 heterocycles. The molecule has 0 saturated heterocycles. The Hall–Kier alpha value is -3.18. The minimum absolute atomic E-state index is 0.0694. The van der Waals surface area contributed by atoms with Gasteiger partial charge in [-0.25, -0.2) is 0 Å². The number of hydrogen-bond donors (Lipinski definition) is 1. The molecule has 1 atom stereocenters. The van der Waals surface area contributed by atoms with Gasteiger partial charge in [0.15, 0.2) is 6.10 Å². The highest BCUT2D eigenvalue weighted by molar-refractivity contribution is 5.70. The Morgan fingerprint density at radius 3 is 0.855 bits per heavy atom. The second-order valence-electron chi connectivity index (χ2n) is 21.8. The van der Waals surface area contributed by atoms with Gasteiger partial charge in [-0.15, -0.1) is 0 Å². The van der Waals surface area contributed by atoms with E-state index in [2.05, 4.69) is 111 Å². The minimum atomic E-state index is -0.781. The highest BCUT2D eigenvalue weighted by Gasteiger charge is 2.16. The molecule has 0 aromatic carbocycles. The summed E-state index contributed by atoms with van der Waals surface area (Å²) in [5, 5.41) is 9.68. The van der Waals surface area contributed by atoms with E-state index in [-0.39, 0.29) is 25.2 Å². The van der Waals surface area contributed by atoms with Gasteiger partial charge in [-0.1, -0.05) is 310 Å². The van der Waals surface area contributed by atoms with Gasteiger partial charge in [0.2, 0.25) is 0 Å². The second-order valence-corrected chi connectivity index (χ2v) is 21.8. The summed E-state index contributed by atoms with van der Waals surface area (Å²) in [6, 6.07) is 0. The van der Waals surface area contributed by atoms with E-state index in [1.807, 2.05) is 0 Å². The molecule has 0 aliphatic heterocycles. The molecule has 0 saturated carbocycles. The Bertz CT molecular complexity index is 1430. The summed E-state index contributed by atoms with van der Waals surface area (Å²) in [6.07, 6.45) is 94.2. The Balaban J connectivity index is 3.45. The first-order valence-corrected chi connectivity index (χ1v) is 32.8. The lowest BCUT2D eigenvalue weighted by molar-refractivity contribution is -0.161. The Labute approximate surface area is 472 Å². The minimum Gasteiger partial charge on any atom is -0.462 e. The molecule has 76 heavy (non-hydrogen) atoms. The summed E-state index contributed by atoms with van der Waals surface area (Å²) in [4.78, 5) is 24.6. The molecule has 1 N–H and O–H groups in total. The number of esters is 2. The van der Waals surface area contributed by atoms with Crippen molar-refractivity contribution in [3.05, 3.63) is 97.2 Å². The van der Waals surface area contributed by atoms with Crippen LogP contribution in [0.5, 0.6) is 0 Å². The quantitative estimate of drug-likeness (QED) is 0.0373. The fourth-order valence-corrected chi connectivity index (χ4v) is 9.47. The van der Waals surface area contributed by atoms with E-state index in [1.165, 1.54) is 212 Å². The van der Waals surface area contributed by atoms with Crippen molar-refractivity contribution in [2.45, 2.75) is 328 Å². The molecule has 438 valence electrons. The van der Waals surface area contributed by atoms with Crippen LogP contribution in [0, 0.1) is 0 Å². The monoisotopic (exact) mass is 1060 g/mol. The van der Waals surface area contributed by atoms with Gasteiger partial charge >= 0.3 is 11.9 Å². The summed E-state index contributed by atoms with van der Waals surface area (Å²) < 4.78 is 10.7. The van der Waals surface area contributed by atoms with Crippen LogP contribution in [0.4, 0.5) is 0 Å². The van der Waals surface area contributed by atoms with Gasteiger partial charge in [-0.3, -0.25) is 9.59 Å². The molecule has 5 heteroatoms. The third-order valence-electron chi connectivity index (χ3n) is 14.4. The van der Waals surface area contributed by atoms with Gasteiger partial charge in [0.1, 0.15) is 6.61 Å². The van der Waals surface area contributed by atoms with Crippen molar-refractivity contribution in [3.8, 4) is 0 Å². The molecule has 0 radical (unpaired) electrons. The van der Waals surface area contributed by atoms with Crippen LogP contribution in [0.1, 0.15) is 322 Å². The van der Waals surface area contributed by atoms with E-state index in [4.69, 9.17) is 9.47 Å². The van der Waals surface area contributed by atoms with E-state index in [0.29, 0.717) is 12.8 Å². The lowest BCUT2D eigenvalue weighted by Crippen LogP contribution is -2.28. The fraction of sp³-hybridized carbons (Fsp3) is 0.746. The highest BCUT2D eigenvalue weighted by atomic mass is 16.6. The molecule has 0 aromatic heterocycles. The van der Waals surface area contributed by atoms with Gasteiger partial charge < -0.3 is 14.6 Å². The summed E-state index contributed by atoms with van der Waals surface area (Å²) in [6.45, 7) is 4.04. The maximum atomic E-state index is 12.3. The van der Waals surface area contributed by atoms with Crippen molar-refractivity contribution >= 4 is 11.9 Å². The third-order valence-corrected chi connectivity index (χ3v) is 14.4. The van der Waals surface area contributed by atoms with Crippen molar-refractivity contribution in [1.29, 1.82) is 0 Å². The van der Waals surface area contributed by atoms with Gasteiger partial charge in [0.25, 0.3) is 0 Å². The SMILES string of the molecule is CC/C=C\C/C=C\C/C=C\C/C=C\C/C=C\CCCCCCCCCCCC(=O)OC(CO)COC(=O)CCCCCCCCCCCCCCCCCCCCCCCC/C=C\C/C=C\C/C=C\CCCCCCC. The van der Waals surface area contributed by atoms with Crippen molar-refractivity contribution in [1.82, 2.24) is 0 Å². The standard InChI is InChI=1S/C71H124O5/c1-3-5-7-9-11-13-15-17-19-21-23-25-27-29-30-31-32-33-34-35-36-37-38-39-40-42-43-45-47-49-51-53-55-57-59-61-63-65-70(73)75-68-69(67-72)76-71(74)66-64-62-60-58-56-54-52-50-48-46-44-41-28-26-24-22-20-18-16-14-12-10-8-6-4-2/h6,8,12,14-15,17-18,20-21,23-24,26-27,29,41,44,69,72H,3-5,7,9-11,13,16,19,22,25,28,30-40,42-43,45-68H2,1-2H3/b8-6-,14-12-,17-15-,20-18-,23-21-,26-24-,29-27-,44-41-. The predicted molar refractivity (Wildman–Crippen MR) is 334 cm³/mol. The van der Waals surface area contributed by atoms with Gasteiger partial charge in [-0.2, -0.15) is 0 Å². The lowest BCUT2D eigenvalue weighted by atomic mass is 10.0. The molecule has 0 spiro atoms. The summed E-state index contributed by atoms with van der Waals surface area (Å²) in [7, 11) is 0. The van der Waals surface area contributed by atoms with E-state index in [1.54, 1.807) is 0 Å². The summed E-state index contributed by atoms with van der Waals surface area (Å²) in [5.74, 6) is -0.589. The van der Waals surface area contributed by atoms with Gasteiger partial charge in [0.05, 0.1) is 6.61 Å². The first-order valence-electron chi connectivity index (χ1n) is 32.8. The van der Waals surface area contributed by atoms with E-state index in [9.17, 15) is 14.7 Å². The Morgan fingerprint density at radius 2 is 0.566 bits per heavy atom. The zero-order chi connectivity index (χ0) is 54.8. The number of aliphatic hydroxyl groups excluding tert-OH is 1. The zero-order valence-corrected chi connectivity index (χ0v) is 50.3. The molecule has 0 rings (SSSR count). The molecule has 1 unspecified atom stereocenters. The molecular formula is C71H124O5. The number of aliphatic hydroxyl groups is 1. The summed E-state index contributed by atoms with van der Waals surface area (Å²) in [5.41, 5.74) is 0. The predicted octanol–water partition coefficient (Wildman–Crippen LogP) is 22.6. The second kappa shape index (κ2) is 66.1. The normalized spacial score (nSPS) is 12.8. The number of carbonyl (C=O) groups excluding carboxylic acids is 2. The first kappa shape index (κ1) is 72.8. The van der Waals surface area contributed by atoms with Gasteiger partial charge in [-0.05, 0) is 96.3 Å². The first-order chi connectivity index (χ1) is 37.6. The maximum Gasteiger partial charge on any atom is 0.306 e. The van der Waals surface area contributed by atoms with Crippen LogP contribution in [0.3, 0.4) is 0 Å². The summed E-state index contributed by atoms with van der Waals surface area (Å²) >= 11 is 0. The highest BCUT2D eigenvalue weighted by Crippen LogP contribution is 2.17. The van der Waals surface area contributed by atoms with Crippen molar-refractivity contribution < 1.29 is 24.2 Å². The van der Waals surface area contributed by atoms with Crippen LogP contribution < -0.4 is 0 Å². The van der Waals surface area contributed by atoms with E-state index < -0.39 is 6.10 Å². The molecule has 0 aliphatic rings. The molecule has 0 amide bonds. The number of unbranched alkanes of at least 4 members (excludes halogenated alkanes) is 36. The molecular weight excluding hydrogens is 933 g/mol. The molecule has 0 bridgehead atoms. The van der Waals surface area contributed by atoms with E-state index >= 15 is 0 Å². The lowest BCUT2D eigenvalue weighted by Gasteiger charge is -2.15. The van der Waals surface area contributed by atoms with Crippen molar-refractivity contribution in [3.63, 3.8) is 0 Å². The third kappa shape index (κ3) is 63.4. The van der Waals surface area contributed by atoms with Crippen molar-refractivity contribution in [2.75, 3.05) is 13.2 Å². The Morgan fingerprint density at radius 1 is 0.316 bits per heavy atom. The number of ether oxygens (including phenoxy) is 2. The molecule has 0 aliphatic carbocycles. The number of hydrogen-bond acceptors (Lipinski definition) is 5. The van der Waals surface area contributed by atoms with Crippen LogP contribution in [-0.2, 0) is 19.1 Å². The van der Waals surface area contributed by atoms with Gasteiger partial charge in [0, 0.05) is 12.8 Å². The van der Waals surface area contributed by atoms with Crippen LogP contribution in [0.15, 0.2) is 97.2 Å². The molecule has 0 fully saturated rings. The number of allylic oxidation sites excluding steroid dienone is 16. The number of rotatable bonds is 60. The Kier molecular flexibility index (Phi) is 63.3. The number of carbonyl (C=O) groups is 2. The van der Waals surface area contributed by atoms with Crippen LogP contribution in [-0.4, -0.2) is 36.4 Å². The van der Waals surface area contributed by atoms with Crippen LogP contribution in [0.2, 0.25) is 0 Å². The van der Waals surface area contributed by atoms with Crippen LogP contribution >= 0.6 is 0 Å². The average molecular weight is 1060 g/mol.